The molecule has 4 rings (SSSR count). The molecular weight excluding hydrogens is 410 g/mol. The van der Waals surface area contributed by atoms with Gasteiger partial charge >= 0.3 is 16.1 Å². The van der Waals surface area contributed by atoms with Crippen molar-refractivity contribution in [3.05, 3.63) is 52.9 Å². The van der Waals surface area contributed by atoms with Gasteiger partial charge in [-0.25, -0.2) is 9.78 Å². The predicted octanol–water partition coefficient (Wildman–Crippen LogP) is 3.46. The van der Waals surface area contributed by atoms with E-state index < -0.39 is 16.1 Å². The van der Waals surface area contributed by atoms with Gasteiger partial charge in [0.05, 0.1) is 4.55 Å². The molecule has 4 aromatic rings. The van der Waals surface area contributed by atoms with Crippen molar-refractivity contribution in [1.29, 1.82) is 0 Å². The summed E-state index contributed by atoms with van der Waals surface area (Å²) >= 11 is 0. The van der Waals surface area contributed by atoms with E-state index in [0.717, 1.165) is 18.8 Å². The lowest BCUT2D eigenvalue weighted by Crippen LogP contribution is -2.21. The van der Waals surface area contributed by atoms with E-state index in [1.165, 1.54) is 18.2 Å². The highest BCUT2D eigenvalue weighted by molar-refractivity contribution is 7.93. The van der Waals surface area contributed by atoms with E-state index in [1.807, 2.05) is 18.2 Å². The molecule has 2 N–H and O–H groups in total. The molecule has 155 valence electrons. The third-order valence-corrected chi connectivity index (χ3v) is 5.94. The van der Waals surface area contributed by atoms with Crippen molar-refractivity contribution < 1.29 is 21.9 Å². The Balaban J connectivity index is 1.79. The molecule has 1 radical (unpaired) electrons. The molecule has 2 heterocycles. The molecule has 0 aliphatic carbocycles. The average molecular weight is 429 g/mol. The molecule has 30 heavy (non-hydrogen) atoms. The Kier molecular flexibility index (Phi) is 5.16. The lowest BCUT2D eigenvalue weighted by molar-refractivity contribution is 0.261. The molecular formula is C20H19N3O6S+. The Morgan fingerprint density at radius 2 is 1.83 bits per heavy atom. The van der Waals surface area contributed by atoms with Crippen LogP contribution < -0.4 is 16.4 Å². The fourth-order valence-corrected chi connectivity index (χ4v) is 3.87. The Labute approximate surface area is 172 Å². The summed E-state index contributed by atoms with van der Waals surface area (Å²) in [5.74, 6) is 4.83. The number of nitrogens with zero attached hydrogens (tertiary/aromatic N) is 2. The first kappa shape index (κ1) is 20.2. The summed E-state index contributed by atoms with van der Waals surface area (Å²) in [4.78, 5) is 18.8. The van der Waals surface area contributed by atoms with Crippen LogP contribution in [0.5, 0.6) is 0 Å². The summed E-state index contributed by atoms with van der Waals surface area (Å²) in [6.07, 6.45) is 0. The molecule has 1 atom stereocenters. The minimum absolute atomic E-state index is 0.0247. The minimum Gasteiger partial charge on any atom is -0.436 e. The first-order valence-electron chi connectivity index (χ1n) is 9.23. The molecule has 0 aliphatic heterocycles. The van der Waals surface area contributed by atoms with Crippen LogP contribution >= 0.6 is 0 Å². The fraction of sp³-hybridized carbons (Fsp3) is 0.200. The molecule has 0 saturated heterocycles. The maximum atomic E-state index is 12.6. The van der Waals surface area contributed by atoms with Gasteiger partial charge in [0.2, 0.25) is 10.8 Å². The van der Waals surface area contributed by atoms with Crippen molar-refractivity contribution in [3.63, 3.8) is 0 Å². The second kappa shape index (κ2) is 7.65. The van der Waals surface area contributed by atoms with Crippen molar-refractivity contribution in [2.24, 2.45) is 5.90 Å². The molecule has 2 aromatic carbocycles. The van der Waals surface area contributed by atoms with Gasteiger partial charge in [0.25, 0.3) is 0 Å². The number of hydrogen-bond donors (Lipinski definition) is 1. The highest BCUT2D eigenvalue weighted by Gasteiger charge is 2.35. The van der Waals surface area contributed by atoms with Crippen LogP contribution in [0.15, 0.2) is 61.0 Å². The summed E-state index contributed by atoms with van der Waals surface area (Å²) in [5.41, 5.74) is 1.48. The fourth-order valence-electron chi connectivity index (χ4n) is 3.27. The molecule has 0 spiro atoms. The van der Waals surface area contributed by atoms with E-state index in [9.17, 15) is 13.6 Å². The number of fused-ring (bicyclic) bond motifs is 2. The van der Waals surface area contributed by atoms with Crippen LogP contribution in [0.2, 0.25) is 0 Å². The van der Waals surface area contributed by atoms with Crippen LogP contribution in [0.3, 0.4) is 0 Å². The number of nitrogens with two attached hydrogens (primary N) is 1. The number of benzene rings is 2. The van der Waals surface area contributed by atoms with E-state index in [2.05, 4.69) is 28.0 Å². The summed E-state index contributed by atoms with van der Waals surface area (Å²) in [6.45, 7) is 5.77. The quantitative estimate of drug-likeness (QED) is 0.280. The zero-order chi connectivity index (χ0) is 21.5. The summed E-state index contributed by atoms with van der Waals surface area (Å²) in [5, 5.41) is 0.711. The van der Waals surface area contributed by atoms with Crippen molar-refractivity contribution >= 4 is 38.3 Å². The van der Waals surface area contributed by atoms with E-state index in [-0.39, 0.29) is 21.9 Å². The second-order valence-electron chi connectivity index (χ2n) is 6.54. The summed E-state index contributed by atoms with van der Waals surface area (Å²) < 4.78 is 38.7. The van der Waals surface area contributed by atoms with Gasteiger partial charge in [-0.1, -0.05) is 0 Å². The number of aromatic nitrogens is 1. The van der Waals surface area contributed by atoms with Crippen molar-refractivity contribution in [3.8, 4) is 11.5 Å². The van der Waals surface area contributed by atoms with Crippen LogP contribution in [0.4, 0.5) is 5.69 Å². The van der Waals surface area contributed by atoms with Gasteiger partial charge in [0.1, 0.15) is 16.7 Å². The third kappa shape index (κ3) is 3.50. The van der Waals surface area contributed by atoms with Crippen molar-refractivity contribution in [2.75, 3.05) is 18.0 Å². The molecule has 1 unspecified atom stereocenters. The number of hydrogen-bond acceptors (Lipinski definition) is 8. The van der Waals surface area contributed by atoms with Crippen LogP contribution in [0.1, 0.15) is 13.8 Å². The van der Waals surface area contributed by atoms with Gasteiger partial charge in [-0.2, -0.15) is 5.90 Å². The largest absolute Gasteiger partial charge is 0.447 e. The van der Waals surface area contributed by atoms with Crippen LogP contribution in [-0.2, 0) is 23.5 Å². The highest BCUT2D eigenvalue weighted by Crippen LogP contribution is 2.29. The molecule has 10 heteroatoms. The zero-order valence-electron chi connectivity index (χ0n) is 16.3. The molecule has 9 nitrogen and oxygen atoms in total. The van der Waals surface area contributed by atoms with Crippen LogP contribution in [0.25, 0.3) is 33.5 Å². The monoisotopic (exact) mass is 429 g/mol. The van der Waals surface area contributed by atoms with Crippen molar-refractivity contribution in [2.45, 2.75) is 18.7 Å². The van der Waals surface area contributed by atoms with Crippen LogP contribution in [0, 0.1) is 0 Å². The molecule has 0 bridgehead atoms. The van der Waals surface area contributed by atoms with E-state index >= 15 is 0 Å². The molecule has 0 amide bonds. The topological polar surface area (TPSA) is 132 Å². The first-order valence-corrected chi connectivity index (χ1v) is 10.6. The van der Waals surface area contributed by atoms with Gasteiger partial charge in [-0.05, 0) is 46.6 Å². The zero-order valence-corrected chi connectivity index (χ0v) is 17.1. The third-order valence-electron chi connectivity index (χ3n) is 4.85. The Morgan fingerprint density at radius 1 is 1.07 bits per heavy atom. The van der Waals surface area contributed by atoms with E-state index in [1.54, 1.807) is 6.07 Å². The molecule has 0 saturated carbocycles. The molecule has 2 aromatic heterocycles. The standard InChI is InChI=1S/C20H19N3O6S/c1-3-23(4-2)13-6-5-12-9-15(20(24)28-18(12)10-13)19-22-16-11-14(30(25,26)29-21)7-8-17(16)27-19/h5-11H,3-4,21H2,1-2H3/q+1. The van der Waals surface area contributed by atoms with Gasteiger partial charge < -0.3 is 13.7 Å². The smallest absolute Gasteiger partial charge is 0.436 e. The lowest BCUT2D eigenvalue weighted by atomic mass is 10.1. The number of oxazole rings is 1. The Bertz CT molecular complexity index is 1340. The van der Waals surface area contributed by atoms with Gasteiger partial charge in [0.15, 0.2) is 5.58 Å². The van der Waals surface area contributed by atoms with Crippen LogP contribution in [-0.4, -0.2) is 18.1 Å². The lowest BCUT2D eigenvalue weighted by Gasteiger charge is -2.20. The van der Waals surface area contributed by atoms with Crippen molar-refractivity contribution in [1.82, 2.24) is 4.98 Å². The second-order valence-corrected chi connectivity index (χ2v) is 8.11. The van der Waals surface area contributed by atoms with Gasteiger partial charge in [-0.3, -0.25) is 0 Å². The van der Waals surface area contributed by atoms with E-state index in [4.69, 9.17) is 14.7 Å². The predicted molar refractivity (Wildman–Crippen MR) is 111 cm³/mol. The maximum absolute atomic E-state index is 12.6. The van der Waals surface area contributed by atoms with Gasteiger partial charge in [-0.15, -0.1) is 0 Å². The Morgan fingerprint density at radius 3 is 2.53 bits per heavy atom. The number of rotatable bonds is 6. The normalized spacial score (nSPS) is 13.6. The van der Waals surface area contributed by atoms with E-state index in [0.29, 0.717) is 16.6 Å². The highest BCUT2D eigenvalue weighted by atomic mass is 32.3. The Hall–Kier alpha value is -3.05. The number of anilines is 1. The maximum Gasteiger partial charge on any atom is 0.447 e. The minimum atomic E-state index is -4.09. The van der Waals surface area contributed by atoms with Gasteiger partial charge in [0, 0.05) is 42.4 Å². The summed E-state index contributed by atoms with van der Waals surface area (Å²) in [7, 11) is -4.09. The first-order chi connectivity index (χ1) is 14.4. The summed E-state index contributed by atoms with van der Waals surface area (Å²) in [6, 6.07) is 11.2. The average Bonchev–Trinajstić information content (AvgIpc) is 3.17. The molecule has 0 aliphatic rings. The molecule has 0 fully saturated rings. The SMILES string of the molecule is CCN(CC)c1ccc2cc(-c3nc4cc([S+]([O])(=O)ON)ccc4o3)c(=O)oc2c1.